The van der Waals surface area contributed by atoms with Crippen LogP contribution in [-0.4, -0.2) is 22.6 Å². The van der Waals surface area contributed by atoms with Crippen LogP contribution in [0, 0.1) is 28.1 Å². The van der Waals surface area contributed by atoms with Crippen molar-refractivity contribution in [2.75, 3.05) is 0 Å². The van der Waals surface area contributed by atoms with Gasteiger partial charge in [0, 0.05) is 15.6 Å². The second kappa shape index (κ2) is 7.30. The molecule has 2 fully saturated rings. The standard InChI is InChI=1S/C25H32O3S/c1-23(16-26)15-17-10-11-20-24(2,12-7-13-25(20,3)22(27)28)19(17)14-21(23)29-18-8-5-4-6-9-18/h4-6,8-9,14,16-17,20-21H,7,10-13,15H2,1-3H3,(H,27,28)/t17-,20+,21+,23+,24+,25?/m1/s1. The molecule has 0 amide bonds. The van der Waals surface area contributed by atoms with E-state index in [1.54, 1.807) is 11.8 Å². The first kappa shape index (κ1) is 20.7. The lowest BCUT2D eigenvalue weighted by atomic mass is 9.46. The average molecular weight is 413 g/mol. The van der Waals surface area contributed by atoms with Crippen LogP contribution < -0.4 is 0 Å². The molecule has 0 spiro atoms. The predicted octanol–water partition coefficient (Wildman–Crippen LogP) is 5.99. The summed E-state index contributed by atoms with van der Waals surface area (Å²) in [4.78, 5) is 25.6. The molecule has 0 radical (unpaired) electrons. The summed E-state index contributed by atoms with van der Waals surface area (Å²) < 4.78 is 0. The first-order valence-electron chi connectivity index (χ1n) is 10.9. The second-order valence-corrected chi connectivity index (χ2v) is 11.3. The summed E-state index contributed by atoms with van der Waals surface area (Å²) in [5.41, 5.74) is 0.330. The third-order valence-corrected chi connectivity index (χ3v) is 9.74. The van der Waals surface area contributed by atoms with E-state index < -0.39 is 11.4 Å². The molecule has 1 unspecified atom stereocenters. The van der Waals surface area contributed by atoms with Crippen LogP contribution in [0.15, 0.2) is 46.9 Å². The highest BCUT2D eigenvalue weighted by Crippen LogP contribution is 2.64. The Hall–Kier alpha value is -1.55. The second-order valence-electron chi connectivity index (χ2n) is 10.1. The minimum absolute atomic E-state index is 0.0754. The van der Waals surface area contributed by atoms with E-state index in [-0.39, 0.29) is 22.0 Å². The topological polar surface area (TPSA) is 54.4 Å². The number of carboxylic acid groups (broad SMARTS) is 1. The van der Waals surface area contributed by atoms with Crippen molar-refractivity contribution in [2.45, 2.75) is 69.4 Å². The van der Waals surface area contributed by atoms with Crippen molar-refractivity contribution in [1.82, 2.24) is 0 Å². The van der Waals surface area contributed by atoms with Gasteiger partial charge in [-0.2, -0.15) is 0 Å². The highest BCUT2D eigenvalue weighted by atomic mass is 32.2. The van der Waals surface area contributed by atoms with Gasteiger partial charge in [0.15, 0.2) is 0 Å². The number of carboxylic acids is 1. The fourth-order valence-corrected chi connectivity index (χ4v) is 7.81. The summed E-state index contributed by atoms with van der Waals surface area (Å²) in [5.74, 6) is -0.0712. The molecule has 0 bridgehead atoms. The third-order valence-electron chi connectivity index (χ3n) is 8.26. The van der Waals surface area contributed by atoms with Crippen molar-refractivity contribution in [1.29, 1.82) is 0 Å². The Kier molecular flexibility index (Phi) is 5.21. The fourth-order valence-electron chi connectivity index (χ4n) is 6.57. The van der Waals surface area contributed by atoms with E-state index in [9.17, 15) is 14.7 Å². The number of carbonyl (C=O) groups excluding carboxylic acids is 1. The minimum Gasteiger partial charge on any atom is -0.481 e. The lowest BCUT2D eigenvalue weighted by molar-refractivity contribution is -0.160. The van der Waals surface area contributed by atoms with Gasteiger partial charge in [-0.3, -0.25) is 4.79 Å². The molecule has 4 heteroatoms. The molecule has 1 N–H and O–H groups in total. The van der Waals surface area contributed by atoms with Crippen molar-refractivity contribution in [3.8, 4) is 0 Å². The number of thioether (sulfide) groups is 1. The van der Waals surface area contributed by atoms with Crippen molar-refractivity contribution in [3.05, 3.63) is 42.0 Å². The summed E-state index contributed by atoms with van der Waals surface area (Å²) in [7, 11) is 0. The summed E-state index contributed by atoms with van der Waals surface area (Å²) in [6.07, 6.45) is 9.16. The Morgan fingerprint density at radius 3 is 2.52 bits per heavy atom. The SMILES string of the molecule is CC1(C(=O)O)CCC[C@@]2(C)C3=C[C@H](Sc4ccccc4)[C@](C)(C=O)C[C@H]3CC[C@H]12. The third kappa shape index (κ3) is 3.28. The maximum atomic E-state index is 12.2. The number of fused-ring (bicyclic) bond motifs is 3. The number of benzene rings is 1. The van der Waals surface area contributed by atoms with Gasteiger partial charge in [-0.25, -0.2) is 0 Å². The Morgan fingerprint density at radius 2 is 1.86 bits per heavy atom. The van der Waals surface area contributed by atoms with Crippen molar-refractivity contribution in [3.63, 3.8) is 0 Å². The Bertz CT molecular complexity index is 834. The lowest BCUT2D eigenvalue weighted by Crippen LogP contribution is -2.54. The first-order chi connectivity index (χ1) is 13.7. The van der Waals surface area contributed by atoms with Crippen molar-refractivity contribution < 1.29 is 14.7 Å². The maximum Gasteiger partial charge on any atom is 0.309 e. The highest BCUT2D eigenvalue weighted by molar-refractivity contribution is 8.00. The zero-order valence-corrected chi connectivity index (χ0v) is 18.5. The highest BCUT2D eigenvalue weighted by Gasteiger charge is 2.58. The summed E-state index contributed by atoms with van der Waals surface area (Å²) in [6.45, 7) is 6.38. The summed E-state index contributed by atoms with van der Waals surface area (Å²) >= 11 is 1.77. The maximum absolute atomic E-state index is 12.2. The molecule has 4 rings (SSSR count). The number of hydrogen-bond acceptors (Lipinski definition) is 3. The quantitative estimate of drug-likeness (QED) is 0.487. The van der Waals surface area contributed by atoms with Gasteiger partial charge in [0.05, 0.1) is 5.41 Å². The zero-order chi connectivity index (χ0) is 20.9. The molecule has 1 aromatic carbocycles. The average Bonchev–Trinajstić information content (AvgIpc) is 2.69. The number of aliphatic carboxylic acids is 1. The first-order valence-corrected chi connectivity index (χ1v) is 11.7. The van der Waals surface area contributed by atoms with Gasteiger partial charge in [0.25, 0.3) is 0 Å². The van der Waals surface area contributed by atoms with Gasteiger partial charge in [-0.15, -0.1) is 11.8 Å². The largest absolute Gasteiger partial charge is 0.481 e. The molecule has 3 aliphatic rings. The van der Waals surface area contributed by atoms with E-state index in [1.807, 2.05) is 25.1 Å². The molecule has 6 atom stereocenters. The molecule has 0 aromatic heterocycles. The van der Waals surface area contributed by atoms with Gasteiger partial charge in [-0.1, -0.05) is 50.1 Å². The van der Waals surface area contributed by atoms with E-state index in [0.717, 1.165) is 44.8 Å². The number of rotatable bonds is 4. The van der Waals surface area contributed by atoms with Gasteiger partial charge in [-0.05, 0) is 68.4 Å². The lowest BCUT2D eigenvalue weighted by Gasteiger charge is -2.58. The monoisotopic (exact) mass is 412 g/mol. The Morgan fingerprint density at radius 1 is 1.14 bits per heavy atom. The van der Waals surface area contributed by atoms with Gasteiger partial charge in [0.1, 0.15) is 6.29 Å². The van der Waals surface area contributed by atoms with E-state index in [2.05, 4.69) is 32.1 Å². The fraction of sp³-hybridized carbons (Fsp3) is 0.600. The molecule has 3 aliphatic carbocycles. The summed E-state index contributed by atoms with van der Waals surface area (Å²) in [6, 6.07) is 10.3. The van der Waals surface area contributed by atoms with Crippen LogP contribution >= 0.6 is 11.8 Å². The molecular weight excluding hydrogens is 380 g/mol. The molecule has 2 saturated carbocycles. The molecule has 0 aliphatic heterocycles. The van der Waals surface area contributed by atoms with Crippen LogP contribution in [0.5, 0.6) is 0 Å². The van der Waals surface area contributed by atoms with E-state index in [1.165, 1.54) is 10.5 Å². The van der Waals surface area contributed by atoms with E-state index in [0.29, 0.717) is 5.92 Å². The van der Waals surface area contributed by atoms with Gasteiger partial charge >= 0.3 is 5.97 Å². The van der Waals surface area contributed by atoms with Crippen LogP contribution in [0.25, 0.3) is 0 Å². The van der Waals surface area contributed by atoms with E-state index in [4.69, 9.17) is 0 Å². The van der Waals surface area contributed by atoms with Gasteiger partial charge in [0.2, 0.25) is 0 Å². The molecular formula is C25H32O3S. The van der Waals surface area contributed by atoms with Gasteiger partial charge < -0.3 is 9.90 Å². The molecule has 29 heavy (non-hydrogen) atoms. The molecule has 0 saturated heterocycles. The van der Waals surface area contributed by atoms with Crippen LogP contribution in [0.4, 0.5) is 0 Å². The van der Waals surface area contributed by atoms with Crippen molar-refractivity contribution >= 4 is 24.0 Å². The minimum atomic E-state index is -0.647. The van der Waals surface area contributed by atoms with Crippen LogP contribution in [-0.2, 0) is 9.59 Å². The zero-order valence-electron chi connectivity index (χ0n) is 17.7. The Labute approximate surface area is 178 Å². The smallest absolute Gasteiger partial charge is 0.309 e. The van der Waals surface area contributed by atoms with Crippen molar-refractivity contribution in [2.24, 2.45) is 28.1 Å². The number of carbonyl (C=O) groups is 2. The Balaban J connectivity index is 1.75. The number of allylic oxidation sites excluding steroid dienone is 1. The number of hydrogen-bond donors (Lipinski definition) is 1. The van der Waals surface area contributed by atoms with Crippen LogP contribution in [0.3, 0.4) is 0 Å². The molecule has 1 aromatic rings. The molecule has 0 heterocycles. The van der Waals surface area contributed by atoms with Crippen LogP contribution in [0.1, 0.15) is 59.3 Å². The molecule has 3 nitrogen and oxygen atoms in total. The normalized spacial score (nSPS) is 41.6. The number of aldehydes is 1. The molecule has 156 valence electrons. The predicted molar refractivity (Wildman–Crippen MR) is 117 cm³/mol. The summed E-state index contributed by atoms with van der Waals surface area (Å²) in [5, 5.41) is 10.1. The van der Waals surface area contributed by atoms with Crippen LogP contribution in [0.2, 0.25) is 0 Å². The van der Waals surface area contributed by atoms with E-state index >= 15 is 0 Å².